The second-order valence-corrected chi connectivity index (χ2v) is 8.46. The van der Waals surface area contributed by atoms with E-state index in [4.69, 9.17) is 43.4 Å². The lowest BCUT2D eigenvalue weighted by Crippen LogP contribution is -2.12. The number of unbranched alkanes of at least 4 members (excludes halogenated alkanes) is 3. The molecule has 0 aromatic heterocycles. The molecule has 0 spiro atoms. The second kappa shape index (κ2) is 26.2. The summed E-state index contributed by atoms with van der Waals surface area (Å²) in [5.74, 6) is -5.18. The Morgan fingerprint density at radius 3 is 0.738 bits per heavy atom. The van der Waals surface area contributed by atoms with Gasteiger partial charge in [-0.15, -0.1) is 0 Å². The van der Waals surface area contributed by atoms with Crippen LogP contribution in [-0.2, 0) is 28.8 Å². The number of carbonyl (C=O) groups is 8. The molecule has 0 aliphatic carbocycles. The number of nitrogens with two attached hydrogens (primary N) is 4. The quantitative estimate of drug-likeness (QED) is 0.115. The van der Waals surface area contributed by atoms with E-state index >= 15 is 0 Å². The van der Waals surface area contributed by atoms with Crippen molar-refractivity contribution in [3.8, 4) is 0 Å². The van der Waals surface area contributed by atoms with E-state index in [1.807, 2.05) is 0 Å². The predicted octanol–water partition coefficient (Wildman–Crippen LogP) is 0.834. The second-order valence-electron chi connectivity index (χ2n) is 8.46. The molecule has 12 N–H and O–H groups in total. The molecular formula is C26H40N4O12. The van der Waals surface area contributed by atoms with Crippen molar-refractivity contribution in [3.63, 3.8) is 0 Å². The number of carboxylic acids is 4. The highest BCUT2D eigenvalue weighted by atomic mass is 16.4. The Morgan fingerprint density at radius 1 is 0.405 bits per heavy atom. The van der Waals surface area contributed by atoms with Crippen molar-refractivity contribution in [1.29, 1.82) is 0 Å². The van der Waals surface area contributed by atoms with E-state index in [0.29, 0.717) is 64.2 Å². The van der Waals surface area contributed by atoms with Crippen LogP contribution < -0.4 is 22.9 Å². The number of carboxylic acid groups (broad SMARTS) is 4. The Morgan fingerprint density at radius 2 is 0.595 bits per heavy atom. The molecule has 0 unspecified atom stereocenters. The van der Waals surface area contributed by atoms with Gasteiger partial charge in [0, 0.05) is 38.5 Å². The molecule has 0 atom stereocenters. The summed E-state index contributed by atoms with van der Waals surface area (Å²) in [7, 11) is 0. The van der Waals surface area contributed by atoms with Crippen molar-refractivity contribution in [2.45, 2.75) is 77.0 Å². The summed E-state index contributed by atoms with van der Waals surface area (Å²) < 4.78 is 0. The molecule has 0 aliphatic rings. The largest absolute Gasteiger partial charge is 0.481 e. The van der Waals surface area contributed by atoms with Crippen LogP contribution in [0.25, 0.3) is 0 Å². The summed E-state index contributed by atoms with van der Waals surface area (Å²) in [5, 5.41) is 33.2. The normalized spacial score (nSPS) is 9.24. The van der Waals surface area contributed by atoms with Gasteiger partial charge in [0.25, 0.3) is 0 Å². The van der Waals surface area contributed by atoms with Gasteiger partial charge in [-0.25, -0.2) is 9.59 Å². The predicted molar refractivity (Wildman–Crippen MR) is 148 cm³/mol. The molecule has 4 amide bonds. The van der Waals surface area contributed by atoms with E-state index in [1.54, 1.807) is 0 Å². The smallest absolute Gasteiger partial charge is 0.335 e. The van der Waals surface area contributed by atoms with Crippen LogP contribution in [0.2, 0.25) is 0 Å². The minimum absolute atomic E-state index is 0.0628. The van der Waals surface area contributed by atoms with Crippen molar-refractivity contribution >= 4 is 47.5 Å². The Kier molecular flexibility index (Phi) is 25.9. The van der Waals surface area contributed by atoms with E-state index < -0.39 is 23.9 Å². The van der Waals surface area contributed by atoms with E-state index in [9.17, 15) is 38.4 Å². The standard InChI is InChI=1S/C8H6O4.2C6H12N2O2.C6H10O4/c9-7(10)5-1-2-6(4-3-5)8(11)12;2*7-5(9)3-1-2-4-6(8)10;7-5(8)3-1-2-4-6(9)10/h1-4H,(H,9,10)(H,11,12);2*1-4H2,(H2,7,9)(H2,8,10);1-4H2,(H,7,8)(H,9,10). The summed E-state index contributed by atoms with van der Waals surface area (Å²) in [6.07, 6.45) is 4.98. The van der Waals surface area contributed by atoms with Gasteiger partial charge in [0.05, 0.1) is 11.1 Å². The molecule has 0 fully saturated rings. The molecule has 1 rings (SSSR count). The average molecular weight is 601 g/mol. The molecule has 0 saturated heterocycles. The first-order valence-electron chi connectivity index (χ1n) is 12.6. The van der Waals surface area contributed by atoms with E-state index in [-0.39, 0.29) is 47.6 Å². The van der Waals surface area contributed by atoms with Crippen LogP contribution in [0.5, 0.6) is 0 Å². The van der Waals surface area contributed by atoms with Crippen LogP contribution in [0.3, 0.4) is 0 Å². The van der Waals surface area contributed by atoms with Gasteiger partial charge in [0.1, 0.15) is 0 Å². The van der Waals surface area contributed by atoms with Gasteiger partial charge in [-0.1, -0.05) is 0 Å². The molecule has 0 saturated carbocycles. The minimum atomic E-state index is -1.06. The molecular weight excluding hydrogens is 560 g/mol. The highest BCUT2D eigenvalue weighted by Crippen LogP contribution is 2.04. The molecule has 0 radical (unpaired) electrons. The van der Waals surface area contributed by atoms with E-state index in [1.165, 1.54) is 24.3 Å². The summed E-state index contributed by atoms with van der Waals surface area (Å²) in [6.45, 7) is 0. The van der Waals surface area contributed by atoms with Crippen molar-refractivity contribution in [2.24, 2.45) is 22.9 Å². The fraction of sp³-hybridized carbons (Fsp3) is 0.462. The van der Waals surface area contributed by atoms with E-state index in [2.05, 4.69) is 0 Å². The molecule has 0 bridgehead atoms. The third kappa shape index (κ3) is 35.0. The third-order valence-corrected chi connectivity index (χ3v) is 4.60. The minimum Gasteiger partial charge on any atom is -0.481 e. The number of amides is 4. The molecule has 16 heteroatoms. The average Bonchev–Trinajstić information content (AvgIpc) is 2.87. The lowest BCUT2D eigenvalue weighted by molar-refractivity contribution is -0.139. The highest BCUT2D eigenvalue weighted by molar-refractivity contribution is 5.91. The SMILES string of the molecule is NC(=O)CCCCC(N)=O.NC(=O)CCCCC(N)=O.O=C(O)CCCCC(=O)O.O=C(O)c1ccc(C(=O)O)cc1. The summed E-state index contributed by atoms with van der Waals surface area (Å²) >= 11 is 0. The number of rotatable bonds is 17. The molecule has 0 aliphatic heterocycles. The number of carbonyl (C=O) groups excluding carboxylic acids is 4. The van der Waals surface area contributed by atoms with Crippen LogP contribution in [0.1, 0.15) is 97.8 Å². The van der Waals surface area contributed by atoms with E-state index in [0.717, 1.165) is 0 Å². The van der Waals surface area contributed by atoms with Crippen molar-refractivity contribution < 1.29 is 58.8 Å². The van der Waals surface area contributed by atoms with Gasteiger partial charge >= 0.3 is 23.9 Å². The first-order valence-corrected chi connectivity index (χ1v) is 12.6. The Bertz CT molecular complexity index is 870. The molecule has 16 nitrogen and oxygen atoms in total. The Hall–Kier alpha value is -5.02. The Balaban J connectivity index is -0.000000485. The number of hydrogen-bond donors (Lipinski definition) is 8. The molecule has 236 valence electrons. The van der Waals surface area contributed by atoms with Crippen LogP contribution in [-0.4, -0.2) is 67.9 Å². The van der Waals surface area contributed by atoms with Crippen molar-refractivity contribution in [3.05, 3.63) is 35.4 Å². The molecule has 1 aromatic carbocycles. The number of primary amides is 4. The monoisotopic (exact) mass is 600 g/mol. The van der Waals surface area contributed by atoms with Crippen LogP contribution >= 0.6 is 0 Å². The fourth-order valence-corrected chi connectivity index (χ4v) is 2.50. The van der Waals surface area contributed by atoms with Crippen LogP contribution in [0.4, 0.5) is 0 Å². The van der Waals surface area contributed by atoms with Gasteiger partial charge in [0.15, 0.2) is 0 Å². The van der Waals surface area contributed by atoms with Gasteiger partial charge in [-0.3, -0.25) is 28.8 Å². The zero-order valence-electron chi connectivity index (χ0n) is 23.2. The van der Waals surface area contributed by atoms with Gasteiger partial charge in [0.2, 0.25) is 23.6 Å². The fourth-order valence-electron chi connectivity index (χ4n) is 2.50. The maximum absolute atomic E-state index is 10.3. The highest BCUT2D eigenvalue weighted by Gasteiger charge is 2.05. The van der Waals surface area contributed by atoms with Crippen molar-refractivity contribution in [1.82, 2.24) is 0 Å². The van der Waals surface area contributed by atoms with Gasteiger partial charge < -0.3 is 43.4 Å². The topological polar surface area (TPSA) is 322 Å². The van der Waals surface area contributed by atoms with Crippen LogP contribution in [0.15, 0.2) is 24.3 Å². The maximum Gasteiger partial charge on any atom is 0.335 e. The van der Waals surface area contributed by atoms with Crippen molar-refractivity contribution in [2.75, 3.05) is 0 Å². The van der Waals surface area contributed by atoms with Gasteiger partial charge in [-0.2, -0.15) is 0 Å². The first kappa shape index (κ1) is 41.5. The summed E-state index contributed by atoms with van der Waals surface area (Å²) in [4.78, 5) is 81.1. The lowest BCUT2D eigenvalue weighted by Gasteiger charge is -1.94. The van der Waals surface area contributed by atoms with Gasteiger partial charge in [-0.05, 0) is 62.8 Å². The number of aliphatic carboxylic acids is 2. The maximum atomic E-state index is 10.3. The first-order chi connectivity index (χ1) is 19.5. The third-order valence-electron chi connectivity index (χ3n) is 4.60. The molecule has 0 heterocycles. The zero-order chi connectivity index (χ0) is 33.1. The summed E-state index contributed by atoms with van der Waals surface area (Å²) in [5.41, 5.74) is 19.6. The number of benzene rings is 1. The van der Waals surface area contributed by atoms with Crippen LogP contribution in [0, 0.1) is 0 Å². The Labute approximate surface area is 242 Å². The number of hydrogen-bond acceptors (Lipinski definition) is 8. The lowest BCUT2D eigenvalue weighted by atomic mass is 10.1. The zero-order valence-corrected chi connectivity index (χ0v) is 23.2. The molecule has 42 heavy (non-hydrogen) atoms. The number of aromatic carboxylic acids is 2. The molecule has 1 aromatic rings. The summed E-state index contributed by atoms with van der Waals surface area (Å²) in [6, 6.07) is 5.02.